The first-order valence-electron chi connectivity index (χ1n) is 4.97. The topological polar surface area (TPSA) is 35.1 Å². The van der Waals surface area contributed by atoms with E-state index in [1.807, 2.05) is 6.07 Å². The number of ether oxygens (including phenoxy) is 2. The molecular weight excluding hydrogens is 178 g/mol. The number of hydrogen-bond donors (Lipinski definition) is 1. The minimum atomic E-state index is 0.354. The van der Waals surface area contributed by atoms with Crippen LogP contribution in [-0.4, -0.2) is 12.8 Å². The SMILES string of the molecule is CC(C)[NH2+]Cc1ccc2c(c1)OCO2. The van der Waals surface area contributed by atoms with Crippen molar-refractivity contribution in [2.75, 3.05) is 6.79 Å². The fourth-order valence-corrected chi connectivity index (χ4v) is 1.44. The van der Waals surface area contributed by atoms with Crippen molar-refractivity contribution in [2.24, 2.45) is 0 Å². The summed E-state index contributed by atoms with van der Waals surface area (Å²) in [5, 5.41) is 2.29. The zero-order chi connectivity index (χ0) is 9.97. The molecule has 2 rings (SSSR count). The number of hydrogen-bond acceptors (Lipinski definition) is 2. The molecule has 0 radical (unpaired) electrons. The van der Waals surface area contributed by atoms with Crippen LogP contribution in [0.2, 0.25) is 0 Å². The molecule has 1 aromatic carbocycles. The molecule has 0 spiro atoms. The average molecular weight is 194 g/mol. The lowest BCUT2D eigenvalue weighted by Crippen LogP contribution is -2.86. The maximum absolute atomic E-state index is 5.31. The van der Waals surface area contributed by atoms with Gasteiger partial charge in [-0.15, -0.1) is 0 Å². The van der Waals surface area contributed by atoms with Crippen LogP contribution in [0.3, 0.4) is 0 Å². The lowest BCUT2D eigenvalue weighted by molar-refractivity contribution is -0.698. The Morgan fingerprint density at radius 2 is 2.07 bits per heavy atom. The first kappa shape index (κ1) is 9.34. The van der Waals surface area contributed by atoms with Crippen molar-refractivity contribution in [2.45, 2.75) is 26.4 Å². The van der Waals surface area contributed by atoms with Crippen molar-refractivity contribution in [1.82, 2.24) is 0 Å². The Morgan fingerprint density at radius 1 is 1.29 bits per heavy atom. The third-order valence-corrected chi connectivity index (χ3v) is 2.26. The molecular formula is C11H16NO2+. The molecule has 0 aromatic heterocycles. The third-order valence-electron chi connectivity index (χ3n) is 2.26. The summed E-state index contributed by atoms with van der Waals surface area (Å²) >= 11 is 0. The van der Waals surface area contributed by atoms with E-state index in [-0.39, 0.29) is 0 Å². The van der Waals surface area contributed by atoms with Gasteiger partial charge in [-0.1, -0.05) is 0 Å². The fourth-order valence-electron chi connectivity index (χ4n) is 1.44. The van der Waals surface area contributed by atoms with Gasteiger partial charge in [0.1, 0.15) is 6.54 Å². The number of benzene rings is 1. The maximum Gasteiger partial charge on any atom is 0.231 e. The standard InChI is InChI=1S/C11H15NO2/c1-8(2)12-6-9-3-4-10-11(5-9)14-7-13-10/h3-5,8,12H,6-7H2,1-2H3/p+1. The van der Waals surface area contributed by atoms with Crippen LogP contribution in [0.5, 0.6) is 11.5 Å². The van der Waals surface area contributed by atoms with Crippen LogP contribution in [0, 0.1) is 0 Å². The summed E-state index contributed by atoms with van der Waals surface area (Å²) in [7, 11) is 0. The van der Waals surface area contributed by atoms with Gasteiger partial charge in [0.05, 0.1) is 6.04 Å². The molecule has 76 valence electrons. The Kier molecular flexibility index (Phi) is 2.59. The Bertz CT molecular complexity index is 323. The third kappa shape index (κ3) is 1.99. The lowest BCUT2D eigenvalue weighted by atomic mass is 10.2. The second kappa shape index (κ2) is 3.88. The molecule has 1 aliphatic heterocycles. The molecule has 3 nitrogen and oxygen atoms in total. The Morgan fingerprint density at radius 3 is 2.86 bits per heavy atom. The number of nitrogens with two attached hydrogens (primary N) is 1. The molecule has 1 aliphatic rings. The van der Waals surface area contributed by atoms with Gasteiger partial charge in [0, 0.05) is 5.56 Å². The van der Waals surface area contributed by atoms with Crippen LogP contribution in [-0.2, 0) is 6.54 Å². The predicted octanol–water partition coefficient (Wildman–Crippen LogP) is 0.887. The Balaban J connectivity index is 2.05. The van der Waals surface area contributed by atoms with Gasteiger partial charge in [-0.2, -0.15) is 0 Å². The molecule has 1 heterocycles. The highest BCUT2D eigenvalue weighted by Gasteiger charge is 2.13. The van der Waals surface area contributed by atoms with Crippen LogP contribution < -0.4 is 14.8 Å². The summed E-state index contributed by atoms with van der Waals surface area (Å²) in [6, 6.07) is 6.75. The number of quaternary nitrogens is 1. The van der Waals surface area contributed by atoms with Crippen molar-refractivity contribution in [1.29, 1.82) is 0 Å². The number of fused-ring (bicyclic) bond motifs is 1. The van der Waals surface area contributed by atoms with Crippen molar-refractivity contribution >= 4 is 0 Å². The van der Waals surface area contributed by atoms with E-state index in [1.165, 1.54) is 5.56 Å². The van der Waals surface area contributed by atoms with E-state index in [1.54, 1.807) is 0 Å². The molecule has 0 saturated heterocycles. The van der Waals surface area contributed by atoms with E-state index in [0.717, 1.165) is 18.0 Å². The molecule has 0 fully saturated rings. The van der Waals surface area contributed by atoms with E-state index < -0.39 is 0 Å². The summed E-state index contributed by atoms with van der Waals surface area (Å²) in [5.41, 5.74) is 1.28. The Labute approximate surface area is 84.0 Å². The van der Waals surface area contributed by atoms with Crippen molar-refractivity contribution in [3.05, 3.63) is 23.8 Å². The summed E-state index contributed by atoms with van der Waals surface area (Å²) < 4.78 is 10.6. The predicted molar refractivity (Wildman–Crippen MR) is 53.3 cm³/mol. The lowest BCUT2D eigenvalue weighted by Gasteiger charge is -2.05. The average Bonchev–Trinajstić information content (AvgIpc) is 2.61. The molecule has 0 bridgehead atoms. The van der Waals surface area contributed by atoms with Crippen molar-refractivity contribution < 1.29 is 14.8 Å². The van der Waals surface area contributed by atoms with Crippen LogP contribution >= 0.6 is 0 Å². The van der Waals surface area contributed by atoms with Crippen molar-refractivity contribution in [3.63, 3.8) is 0 Å². The summed E-state index contributed by atoms with van der Waals surface area (Å²) in [4.78, 5) is 0. The smallest absolute Gasteiger partial charge is 0.231 e. The van der Waals surface area contributed by atoms with Gasteiger partial charge in [0.25, 0.3) is 0 Å². The molecule has 0 atom stereocenters. The molecule has 0 unspecified atom stereocenters. The molecule has 14 heavy (non-hydrogen) atoms. The zero-order valence-electron chi connectivity index (χ0n) is 8.62. The van der Waals surface area contributed by atoms with E-state index in [4.69, 9.17) is 9.47 Å². The highest BCUT2D eigenvalue weighted by atomic mass is 16.7. The van der Waals surface area contributed by atoms with Crippen molar-refractivity contribution in [3.8, 4) is 11.5 Å². The van der Waals surface area contributed by atoms with Gasteiger partial charge in [-0.05, 0) is 32.0 Å². The van der Waals surface area contributed by atoms with Gasteiger partial charge in [-0.25, -0.2) is 0 Å². The van der Waals surface area contributed by atoms with Gasteiger partial charge < -0.3 is 14.8 Å². The van der Waals surface area contributed by atoms with Crippen LogP contribution in [0.4, 0.5) is 0 Å². The first-order chi connectivity index (χ1) is 6.75. The molecule has 1 aromatic rings. The summed E-state index contributed by atoms with van der Waals surface area (Å²) in [5.74, 6) is 1.73. The minimum absolute atomic E-state index is 0.354. The second-order valence-corrected chi connectivity index (χ2v) is 3.87. The zero-order valence-corrected chi connectivity index (χ0v) is 8.62. The van der Waals surface area contributed by atoms with Crippen LogP contribution in [0.1, 0.15) is 19.4 Å². The van der Waals surface area contributed by atoms with Gasteiger partial charge in [0.2, 0.25) is 6.79 Å². The largest absolute Gasteiger partial charge is 0.454 e. The van der Waals surface area contributed by atoms with E-state index in [9.17, 15) is 0 Å². The van der Waals surface area contributed by atoms with Gasteiger partial charge in [-0.3, -0.25) is 0 Å². The highest BCUT2D eigenvalue weighted by molar-refractivity contribution is 5.44. The highest BCUT2D eigenvalue weighted by Crippen LogP contribution is 2.32. The van der Waals surface area contributed by atoms with Gasteiger partial charge in [0.15, 0.2) is 11.5 Å². The second-order valence-electron chi connectivity index (χ2n) is 3.87. The molecule has 0 aliphatic carbocycles. The first-order valence-corrected chi connectivity index (χ1v) is 4.97. The molecule has 2 N–H and O–H groups in total. The van der Waals surface area contributed by atoms with Crippen LogP contribution in [0.25, 0.3) is 0 Å². The van der Waals surface area contributed by atoms with Crippen LogP contribution in [0.15, 0.2) is 18.2 Å². The monoisotopic (exact) mass is 194 g/mol. The quantitative estimate of drug-likeness (QED) is 0.775. The van der Waals surface area contributed by atoms with E-state index in [0.29, 0.717) is 12.8 Å². The minimum Gasteiger partial charge on any atom is -0.454 e. The van der Waals surface area contributed by atoms with E-state index in [2.05, 4.69) is 31.3 Å². The fraction of sp³-hybridized carbons (Fsp3) is 0.455. The summed E-state index contributed by atoms with van der Waals surface area (Å²) in [6.07, 6.45) is 0. The maximum atomic E-state index is 5.31. The van der Waals surface area contributed by atoms with Gasteiger partial charge >= 0.3 is 0 Å². The normalized spacial score (nSPS) is 13.6. The summed E-state index contributed by atoms with van der Waals surface area (Å²) in [6.45, 7) is 5.72. The van der Waals surface area contributed by atoms with E-state index >= 15 is 0 Å². The molecule has 3 heteroatoms. The Hall–Kier alpha value is -1.22. The molecule has 0 saturated carbocycles. The molecule has 0 amide bonds. The number of rotatable bonds is 3.